The summed E-state index contributed by atoms with van der Waals surface area (Å²) in [6.45, 7) is 2.05. The summed E-state index contributed by atoms with van der Waals surface area (Å²) in [4.78, 5) is 0. The lowest BCUT2D eigenvalue weighted by Gasteiger charge is -2.20. The van der Waals surface area contributed by atoms with Crippen molar-refractivity contribution in [2.24, 2.45) is 5.92 Å². The lowest BCUT2D eigenvalue weighted by molar-refractivity contribution is 0.432. The summed E-state index contributed by atoms with van der Waals surface area (Å²) in [5, 5.41) is 3.07. The third kappa shape index (κ3) is 0.395. The Morgan fingerprint density at radius 3 is 2.33 bits per heavy atom. The highest BCUT2D eigenvalue weighted by atomic mass is 14.9. The molecule has 1 heteroatoms. The fourth-order valence-electron chi connectivity index (χ4n) is 0.407. The molecule has 32 valence electrons. The Balaban J connectivity index is 2.22. The van der Waals surface area contributed by atoms with Gasteiger partial charge >= 0.3 is 0 Å². The standard InChI is InChI=1S/C5H7N/c1-2-5-3-6-4-5/h1,5-6H,3-4H2. The van der Waals surface area contributed by atoms with Gasteiger partial charge in [0.1, 0.15) is 0 Å². The molecule has 1 saturated heterocycles. The maximum atomic E-state index is 5.04. The molecular weight excluding hydrogens is 74.1 g/mol. The molecule has 0 saturated carbocycles. The fraction of sp³-hybridized carbons (Fsp3) is 0.600. The van der Waals surface area contributed by atoms with Crippen molar-refractivity contribution < 1.29 is 0 Å². The van der Waals surface area contributed by atoms with Gasteiger partial charge in [0.05, 0.1) is 0 Å². The quantitative estimate of drug-likeness (QED) is 0.399. The molecule has 0 aromatic rings. The van der Waals surface area contributed by atoms with Crippen LogP contribution in [0.5, 0.6) is 0 Å². The lowest BCUT2D eigenvalue weighted by Crippen LogP contribution is -2.40. The van der Waals surface area contributed by atoms with Gasteiger partial charge in [0.15, 0.2) is 0 Å². The molecule has 1 nitrogen and oxygen atoms in total. The predicted molar refractivity (Wildman–Crippen MR) is 25.2 cm³/mol. The van der Waals surface area contributed by atoms with Crippen LogP contribution in [-0.4, -0.2) is 13.1 Å². The number of hydrogen-bond donors (Lipinski definition) is 1. The Bertz CT molecular complexity index is 76.4. The third-order valence-electron chi connectivity index (χ3n) is 1.02. The van der Waals surface area contributed by atoms with Gasteiger partial charge in [-0.05, 0) is 0 Å². The van der Waals surface area contributed by atoms with E-state index in [1.807, 2.05) is 0 Å². The Hall–Kier alpha value is -0.480. The van der Waals surface area contributed by atoms with E-state index in [1.165, 1.54) is 0 Å². The molecule has 6 heavy (non-hydrogen) atoms. The Morgan fingerprint density at radius 2 is 2.33 bits per heavy atom. The van der Waals surface area contributed by atoms with Crippen molar-refractivity contribution in [2.75, 3.05) is 13.1 Å². The van der Waals surface area contributed by atoms with E-state index in [4.69, 9.17) is 6.42 Å². The number of terminal acetylenes is 1. The number of hydrogen-bond acceptors (Lipinski definition) is 1. The molecule has 0 amide bonds. The molecule has 0 radical (unpaired) electrons. The van der Waals surface area contributed by atoms with Gasteiger partial charge in [-0.25, -0.2) is 0 Å². The highest BCUT2D eigenvalue weighted by molar-refractivity contribution is 4.99. The summed E-state index contributed by atoms with van der Waals surface area (Å²) in [7, 11) is 0. The predicted octanol–water partition coefficient (Wildman–Crippen LogP) is -0.161. The van der Waals surface area contributed by atoms with E-state index in [2.05, 4.69) is 11.2 Å². The Morgan fingerprint density at radius 1 is 1.67 bits per heavy atom. The van der Waals surface area contributed by atoms with E-state index < -0.39 is 0 Å². The van der Waals surface area contributed by atoms with Gasteiger partial charge in [-0.15, -0.1) is 12.3 Å². The highest BCUT2D eigenvalue weighted by Gasteiger charge is 2.11. The van der Waals surface area contributed by atoms with Gasteiger partial charge in [-0.3, -0.25) is 0 Å². The minimum absolute atomic E-state index is 0.532. The van der Waals surface area contributed by atoms with Gasteiger partial charge in [-0.1, -0.05) is 0 Å². The normalized spacial score (nSPS) is 21.8. The Labute approximate surface area is 37.7 Å². The van der Waals surface area contributed by atoms with Crippen LogP contribution in [-0.2, 0) is 0 Å². The molecule has 1 fully saturated rings. The van der Waals surface area contributed by atoms with Crippen LogP contribution < -0.4 is 5.32 Å². The van der Waals surface area contributed by atoms with E-state index in [1.54, 1.807) is 0 Å². The van der Waals surface area contributed by atoms with E-state index >= 15 is 0 Å². The van der Waals surface area contributed by atoms with E-state index in [0.717, 1.165) is 13.1 Å². The summed E-state index contributed by atoms with van der Waals surface area (Å²) < 4.78 is 0. The minimum Gasteiger partial charge on any atom is -0.314 e. The second kappa shape index (κ2) is 1.32. The van der Waals surface area contributed by atoms with Crippen molar-refractivity contribution in [3.8, 4) is 12.3 Å². The van der Waals surface area contributed by atoms with Crippen LogP contribution in [0.4, 0.5) is 0 Å². The molecule has 0 atom stereocenters. The van der Waals surface area contributed by atoms with Crippen molar-refractivity contribution in [3.63, 3.8) is 0 Å². The van der Waals surface area contributed by atoms with Crippen LogP contribution >= 0.6 is 0 Å². The van der Waals surface area contributed by atoms with Crippen LogP contribution in [0.1, 0.15) is 0 Å². The highest BCUT2D eigenvalue weighted by Crippen LogP contribution is 1.97. The first kappa shape index (κ1) is 3.70. The molecule has 0 aliphatic carbocycles. The first-order chi connectivity index (χ1) is 2.93. The minimum atomic E-state index is 0.532. The molecular formula is C5H7N. The number of nitrogens with one attached hydrogen (secondary N) is 1. The molecule has 1 N–H and O–H groups in total. The van der Waals surface area contributed by atoms with Gasteiger partial charge in [0, 0.05) is 19.0 Å². The molecule has 0 aromatic carbocycles. The molecule has 0 aromatic heterocycles. The summed E-state index contributed by atoms with van der Waals surface area (Å²) in [5.41, 5.74) is 0. The average Bonchev–Trinajstić information content (AvgIpc) is 1.31. The van der Waals surface area contributed by atoms with Crippen molar-refractivity contribution in [1.82, 2.24) is 5.32 Å². The van der Waals surface area contributed by atoms with Gasteiger partial charge in [0.2, 0.25) is 0 Å². The zero-order chi connectivity index (χ0) is 4.41. The van der Waals surface area contributed by atoms with E-state index in [0.29, 0.717) is 5.92 Å². The summed E-state index contributed by atoms with van der Waals surface area (Å²) in [6.07, 6.45) is 5.04. The first-order valence-corrected chi connectivity index (χ1v) is 2.10. The summed E-state index contributed by atoms with van der Waals surface area (Å²) >= 11 is 0. The average molecular weight is 81.1 g/mol. The third-order valence-corrected chi connectivity index (χ3v) is 1.02. The first-order valence-electron chi connectivity index (χ1n) is 2.10. The zero-order valence-electron chi connectivity index (χ0n) is 3.57. The molecule has 0 unspecified atom stereocenters. The van der Waals surface area contributed by atoms with Crippen LogP contribution in [0.2, 0.25) is 0 Å². The fourth-order valence-corrected chi connectivity index (χ4v) is 0.407. The van der Waals surface area contributed by atoms with E-state index in [-0.39, 0.29) is 0 Å². The SMILES string of the molecule is C#CC1CNC1. The van der Waals surface area contributed by atoms with Gasteiger partial charge < -0.3 is 5.32 Å². The van der Waals surface area contributed by atoms with Crippen molar-refractivity contribution in [2.45, 2.75) is 0 Å². The van der Waals surface area contributed by atoms with Gasteiger partial charge in [0.25, 0.3) is 0 Å². The molecule has 1 rings (SSSR count). The molecule has 1 aliphatic heterocycles. The second-order valence-electron chi connectivity index (χ2n) is 1.52. The molecule has 1 aliphatic rings. The second-order valence-corrected chi connectivity index (χ2v) is 1.52. The molecule has 0 bridgehead atoms. The number of rotatable bonds is 0. The van der Waals surface area contributed by atoms with Crippen molar-refractivity contribution in [3.05, 3.63) is 0 Å². The van der Waals surface area contributed by atoms with Crippen LogP contribution in [0.3, 0.4) is 0 Å². The van der Waals surface area contributed by atoms with Crippen molar-refractivity contribution >= 4 is 0 Å². The smallest absolute Gasteiger partial charge is 0.0449 e. The van der Waals surface area contributed by atoms with Gasteiger partial charge in [-0.2, -0.15) is 0 Å². The molecule has 1 heterocycles. The van der Waals surface area contributed by atoms with E-state index in [9.17, 15) is 0 Å². The van der Waals surface area contributed by atoms with Crippen LogP contribution in [0.15, 0.2) is 0 Å². The molecule has 0 spiro atoms. The monoisotopic (exact) mass is 81.1 g/mol. The Kier molecular flexibility index (Phi) is 0.813. The maximum Gasteiger partial charge on any atom is 0.0449 e. The largest absolute Gasteiger partial charge is 0.314 e. The zero-order valence-corrected chi connectivity index (χ0v) is 3.57. The maximum absolute atomic E-state index is 5.04. The lowest BCUT2D eigenvalue weighted by atomic mass is 10.1. The topological polar surface area (TPSA) is 12.0 Å². The van der Waals surface area contributed by atoms with Crippen LogP contribution in [0, 0.1) is 18.3 Å². The summed E-state index contributed by atoms with van der Waals surface area (Å²) in [6, 6.07) is 0. The summed E-state index contributed by atoms with van der Waals surface area (Å²) in [5.74, 6) is 3.17. The van der Waals surface area contributed by atoms with Crippen molar-refractivity contribution in [1.29, 1.82) is 0 Å². The van der Waals surface area contributed by atoms with Crippen LogP contribution in [0.25, 0.3) is 0 Å².